The molecule has 140 valence electrons. The molecular weight excluding hydrogens is 355 g/mol. The minimum atomic E-state index is -0.825. The second kappa shape index (κ2) is 7.36. The van der Waals surface area contributed by atoms with Crippen LogP contribution in [0.25, 0.3) is 10.9 Å². The van der Waals surface area contributed by atoms with Gasteiger partial charge in [-0.25, -0.2) is 4.39 Å². The summed E-state index contributed by atoms with van der Waals surface area (Å²) in [6, 6.07) is 8.87. The van der Waals surface area contributed by atoms with E-state index in [1.54, 1.807) is 6.07 Å². The molecule has 0 bridgehead atoms. The third kappa shape index (κ3) is 3.41. The number of hydrogen-bond acceptors (Lipinski definition) is 5. The van der Waals surface area contributed by atoms with E-state index in [9.17, 15) is 19.1 Å². The van der Waals surface area contributed by atoms with Crippen molar-refractivity contribution < 1.29 is 23.8 Å². The number of H-pyrrole nitrogens is 1. The van der Waals surface area contributed by atoms with Crippen molar-refractivity contribution in [2.24, 2.45) is 0 Å². The van der Waals surface area contributed by atoms with E-state index >= 15 is 0 Å². The second-order valence-corrected chi connectivity index (χ2v) is 5.70. The van der Waals surface area contributed by atoms with Crippen LogP contribution in [-0.2, 0) is 6.54 Å². The van der Waals surface area contributed by atoms with Gasteiger partial charge >= 0.3 is 0 Å². The number of nitrogens with one attached hydrogen (secondary N) is 2. The highest BCUT2D eigenvalue weighted by Gasteiger charge is 2.21. The highest BCUT2D eigenvalue weighted by atomic mass is 19.1. The normalized spacial score (nSPS) is 10.6. The zero-order chi connectivity index (χ0) is 19.6. The number of pyridine rings is 1. The number of aromatic hydroxyl groups is 1. The van der Waals surface area contributed by atoms with Crippen molar-refractivity contribution in [3.63, 3.8) is 0 Å². The Labute approximate surface area is 153 Å². The van der Waals surface area contributed by atoms with Gasteiger partial charge in [-0.05, 0) is 12.1 Å². The number of fused-ring (bicyclic) bond motifs is 1. The fraction of sp³-hybridized carbons (Fsp3) is 0.158. The maximum absolute atomic E-state index is 13.7. The Morgan fingerprint density at radius 2 is 1.85 bits per heavy atom. The number of amides is 1. The number of ether oxygens (including phenoxy) is 2. The highest BCUT2D eigenvalue weighted by molar-refractivity contribution is 6.02. The quantitative estimate of drug-likeness (QED) is 0.638. The molecule has 3 rings (SSSR count). The molecule has 3 aromatic rings. The molecule has 0 spiro atoms. The van der Waals surface area contributed by atoms with E-state index in [-0.39, 0.29) is 23.0 Å². The first-order chi connectivity index (χ1) is 13.0. The second-order valence-electron chi connectivity index (χ2n) is 5.70. The van der Waals surface area contributed by atoms with E-state index in [1.807, 2.05) is 0 Å². The Bertz CT molecular complexity index is 1080. The zero-order valence-electron chi connectivity index (χ0n) is 14.6. The molecule has 0 aliphatic rings. The molecule has 0 aliphatic carbocycles. The van der Waals surface area contributed by atoms with Crippen LogP contribution in [-0.4, -0.2) is 30.2 Å². The van der Waals surface area contributed by atoms with E-state index in [0.717, 1.165) is 0 Å². The number of hydrogen-bond donors (Lipinski definition) is 3. The van der Waals surface area contributed by atoms with Gasteiger partial charge < -0.3 is 24.9 Å². The van der Waals surface area contributed by atoms with Crippen molar-refractivity contribution in [2.75, 3.05) is 14.2 Å². The van der Waals surface area contributed by atoms with Crippen molar-refractivity contribution in [1.82, 2.24) is 10.3 Å². The molecular formula is C19H17FN2O5. The van der Waals surface area contributed by atoms with Crippen LogP contribution in [0.2, 0.25) is 0 Å². The summed E-state index contributed by atoms with van der Waals surface area (Å²) in [5, 5.41) is 13.1. The minimum Gasteiger partial charge on any atom is -0.506 e. The van der Waals surface area contributed by atoms with Crippen LogP contribution in [0.3, 0.4) is 0 Å². The number of benzene rings is 2. The van der Waals surface area contributed by atoms with Gasteiger partial charge in [-0.3, -0.25) is 9.59 Å². The van der Waals surface area contributed by atoms with Crippen molar-refractivity contribution in [2.45, 2.75) is 6.54 Å². The van der Waals surface area contributed by atoms with Gasteiger partial charge in [0.2, 0.25) is 0 Å². The summed E-state index contributed by atoms with van der Waals surface area (Å²) in [5.74, 6) is -1.12. The molecule has 3 N–H and O–H groups in total. The van der Waals surface area contributed by atoms with Crippen LogP contribution in [0.4, 0.5) is 4.39 Å². The van der Waals surface area contributed by atoms with E-state index < -0.39 is 28.6 Å². The van der Waals surface area contributed by atoms with Crippen molar-refractivity contribution in [3.05, 3.63) is 63.7 Å². The predicted molar refractivity (Wildman–Crippen MR) is 96.9 cm³/mol. The zero-order valence-corrected chi connectivity index (χ0v) is 14.6. The number of aromatic amines is 1. The van der Waals surface area contributed by atoms with Crippen LogP contribution >= 0.6 is 0 Å². The highest BCUT2D eigenvalue weighted by Crippen LogP contribution is 2.35. The molecule has 0 radical (unpaired) electrons. The van der Waals surface area contributed by atoms with Crippen molar-refractivity contribution in [1.29, 1.82) is 0 Å². The molecule has 0 fully saturated rings. The van der Waals surface area contributed by atoms with E-state index in [4.69, 9.17) is 9.47 Å². The number of methoxy groups -OCH3 is 2. The van der Waals surface area contributed by atoms with E-state index in [0.29, 0.717) is 11.5 Å². The number of halogens is 1. The van der Waals surface area contributed by atoms with Gasteiger partial charge in [-0.1, -0.05) is 18.2 Å². The van der Waals surface area contributed by atoms with Gasteiger partial charge in [0, 0.05) is 23.6 Å². The standard InChI is InChI=1S/C19H17FN2O5/c1-26-14-7-11-13(8-15(14)27-2)22-19(25)16(17(11)23)18(24)21-9-10-5-3-4-6-12(10)20/h3-8H,9H2,1-2H3,(H,21,24)(H2,22,23,25). The van der Waals surface area contributed by atoms with Gasteiger partial charge in [0.1, 0.15) is 17.1 Å². The lowest BCUT2D eigenvalue weighted by atomic mass is 10.1. The fourth-order valence-corrected chi connectivity index (χ4v) is 2.72. The molecule has 1 heterocycles. The molecule has 7 nitrogen and oxygen atoms in total. The summed E-state index contributed by atoms with van der Waals surface area (Å²) in [6.45, 7) is -0.131. The number of aromatic nitrogens is 1. The lowest BCUT2D eigenvalue weighted by Gasteiger charge is -2.12. The third-order valence-corrected chi connectivity index (χ3v) is 4.12. The molecule has 0 aliphatic heterocycles. The number of carbonyl (C=O) groups excluding carboxylic acids is 1. The maximum atomic E-state index is 13.7. The first kappa shape index (κ1) is 18.2. The average molecular weight is 372 g/mol. The largest absolute Gasteiger partial charge is 0.506 e. The van der Waals surface area contributed by atoms with Gasteiger partial charge in [0.05, 0.1) is 19.7 Å². The number of rotatable bonds is 5. The van der Waals surface area contributed by atoms with Crippen LogP contribution in [0.5, 0.6) is 17.2 Å². The Balaban J connectivity index is 1.99. The minimum absolute atomic E-state index is 0.131. The Morgan fingerprint density at radius 1 is 1.19 bits per heavy atom. The topological polar surface area (TPSA) is 101 Å². The van der Waals surface area contributed by atoms with Crippen molar-refractivity contribution in [3.8, 4) is 17.2 Å². The van der Waals surface area contributed by atoms with E-state index in [1.165, 1.54) is 44.6 Å². The molecule has 0 unspecified atom stereocenters. The summed E-state index contributed by atoms with van der Waals surface area (Å²) in [7, 11) is 2.86. The van der Waals surface area contributed by atoms with Crippen LogP contribution in [0, 0.1) is 5.82 Å². The van der Waals surface area contributed by atoms with Gasteiger partial charge in [-0.15, -0.1) is 0 Å². The lowest BCUT2D eigenvalue weighted by Crippen LogP contribution is -2.29. The van der Waals surface area contributed by atoms with Gasteiger partial charge in [0.25, 0.3) is 11.5 Å². The first-order valence-electron chi connectivity index (χ1n) is 7.98. The summed E-state index contributed by atoms with van der Waals surface area (Å²) in [4.78, 5) is 27.3. The molecule has 8 heteroatoms. The smallest absolute Gasteiger partial charge is 0.265 e. The SMILES string of the molecule is COc1cc2[nH]c(=O)c(C(=O)NCc3ccccc3F)c(O)c2cc1OC. The molecule has 2 aromatic carbocycles. The van der Waals surface area contributed by atoms with Crippen molar-refractivity contribution >= 4 is 16.8 Å². The molecule has 0 saturated heterocycles. The maximum Gasteiger partial charge on any atom is 0.265 e. The van der Waals surface area contributed by atoms with Crippen LogP contribution in [0.1, 0.15) is 15.9 Å². The molecule has 0 saturated carbocycles. The van der Waals surface area contributed by atoms with Crippen LogP contribution in [0.15, 0.2) is 41.2 Å². The average Bonchev–Trinajstić information content (AvgIpc) is 2.66. The molecule has 1 amide bonds. The Morgan fingerprint density at radius 3 is 2.52 bits per heavy atom. The summed E-state index contributed by atoms with van der Waals surface area (Å²) in [6.07, 6.45) is 0. The summed E-state index contributed by atoms with van der Waals surface area (Å²) in [5.41, 5.74) is -0.709. The fourth-order valence-electron chi connectivity index (χ4n) is 2.72. The summed E-state index contributed by atoms with van der Waals surface area (Å²) >= 11 is 0. The first-order valence-corrected chi connectivity index (χ1v) is 7.98. The monoisotopic (exact) mass is 372 g/mol. The molecule has 1 aromatic heterocycles. The summed E-state index contributed by atoms with van der Waals surface area (Å²) < 4.78 is 24.0. The van der Waals surface area contributed by atoms with E-state index in [2.05, 4.69) is 10.3 Å². The third-order valence-electron chi connectivity index (χ3n) is 4.12. The molecule has 27 heavy (non-hydrogen) atoms. The Hall–Kier alpha value is -3.55. The lowest BCUT2D eigenvalue weighted by molar-refractivity contribution is 0.0946. The predicted octanol–water partition coefficient (Wildman–Crippen LogP) is 2.32. The molecule has 0 atom stereocenters. The van der Waals surface area contributed by atoms with Gasteiger partial charge in [0.15, 0.2) is 11.5 Å². The van der Waals surface area contributed by atoms with Crippen LogP contribution < -0.4 is 20.3 Å². The Kier molecular flexibility index (Phi) is 4.98. The van der Waals surface area contributed by atoms with Gasteiger partial charge in [-0.2, -0.15) is 0 Å². The number of carbonyl (C=O) groups is 1.